The van der Waals surface area contributed by atoms with E-state index in [1.807, 2.05) is 38.0 Å². The first-order valence-corrected chi connectivity index (χ1v) is 7.46. The summed E-state index contributed by atoms with van der Waals surface area (Å²) in [5, 5.41) is 5.94. The molecule has 3 atom stereocenters. The van der Waals surface area contributed by atoms with Crippen LogP contribution in [0, 0.1) is 6.92 Å². The standard InChI is InChI=1S/C13H21N3O2S/c1-8-7-19-12(14-8)11(4)15-13(17)16-5-9(2)18-10(3)6-16/h7,9-11H,5-6H2,1-4H3,(H,15,17). The van der Waals surface area contributed by atoms with E-state index < -0.39 is 0 Å². The van der Waals surface area contributed by atoms with Gasteiger partial charge in [0.1, 0.15) is 5.01 Å². The average Bonchev–Trinajstić information content (AvgIpc) is 2.74. The summed E-state index contributed by atoms with van der Waals surface area (Å²) in [4.78, 5) is 18.4. The Kier molecular flexibility index (Phi) is 4.42. The van der Waals surface area contributed by atoms with E-state index >= 15 is 0 Å². The Balaban J connectivity index is 1.93. The first-order chi connectivity index (χ1) is 8.95. The second-order valence-corrected chi connectivity index (χ2v) is 6.05. The quantitative estimate of drug-likeness (QED) is 0.906. The molecule has 0 radical (unpaired) electrons. The zero-order valence-corrected chi connectivity index (χ0v) is 12.7. The van der Waals surface area contributed by atoms with Crippen molar-refractivity contribution in [1.82, 2.24) is 15.2 Å². The summed E-state index contributed by atoms with van der Waals surface area (Å²) >= 11 is 1.58. The molecule has 0 spiro atoms. The van der Waals surface area contributed by atoms with Crippen molar-refractivity contribution >= 4 is 17.4 Å². The molecule has 2 rings (SSSR count). The molecule has 1 fully saturated rings. The molecule has 0 bridgehead atoms. The fourth-order valence-corrected chi connectivity index (χ4v) is 3.06. The van der Waals surface area contributed by atoms with Gasteiger partial charge in [0.25, 0.3) is 0 Å². The number of hydrogen-bond acceptors (Lipinski definition) is 4. The largest absolute Gasteiger partial charge is 0.372 e. The number of urea groups is 1. The van der Waals surface area contributed by atoms with Gasteiger partial charge in [0.15, 0.2) is 0 Å². The van der Waals surface area contributed by atoms with Crippen molar-refractivity contribution in [2.45, 2.75) is 45.9 Å². The molecule has 1 aliphatic heterocycles. The number of carbonyl (C=O) groups is 1. The highest BCUT2D eigenvalue weighted by molar-refractivity contribution is 7.09. The van der Waals surface area contributed by atoms with Crippen LogP contribution in [0.5, 0.6) is 0 Å². The van der Waals surface area contributed by atoms with Crippen molar-refractivity contribution in [3.63, 3.8) is 0 Å². The Hall–Kier alpha value is -1.14. The lowest BCUT2D eigenvalue weighted by atomic mass is 10.2. The molecule has 1 aromatic heterocycles. The third kappa shape index (κ3) is 3.67. The van der Waals surface area contributed by atoms with Gasteiger partial charge in [0.05, 0.1) is 18.2 Å². The molecule has 19 heavy (non-hydrogen) atoms. The maximum absolute atomic E-state index is 12.2. The highest BCUT2D eigenvalue weighted by Gasteiger charge is 2.26. The van der Waals surface area contributed by atoms with Gasteiger partial charge in [-0.15, -0.1) is 11.3 Å². The topological polar surface area (TPSA) is 54.5 Å². The first kappa shape index (κ1) is 14.3. The Bertz CT molecular complexity index is 439. The molecule has 6 heteroatoms. The smallest absolute Gasteiger partial charge is 0.318 e. The molecule has 1 aromatic rings. The number of aryl methyl sites for hydroxylation is 1. The van der Waals surface area contributed by atoms with Gasteiger partial charge < -0.3 is 15.0 Å². The number of ether oxygens (including phenoxy) is 1. The van der Waals surface area contributed by atoms with Gasteiger partial charge in [0, 0.05) is 24.2 Å². The molecule has 2 amide bonds. The molecule has 0 aromatic carbocycles. The number of nitrogens with one attached hydrogen (secondary N) is 1. The summed E-state index contributed by atoms with van der Waals surface area (Å²) in [6.45, 7) is 9.18. The summed E-state index contributed by atoms with van der Waals surface area (Å²) in [5.74, 6) is 0. The number of morpholine rings is 1. The van der Waals surface area contributed by atoms with Crippen LogP contribution in [0.2, 0.25) is 0 Å². The Morgan fingerprint density at radius 3 is 2.68 bits per heavy atom. The zero-order chi connectivity index (χ0) is 14.0. The average molecular weight is 283 g/mol. The normalized spacial score (nSPS) is 25.2. The van der Waals surface area contributed by atoms with Crippen LogP contribution < -0.4 is 5.32 Å². The van der Waals surface area contributed by atoms with E-state index in [0.717, 1.165) is 10.7 Å². The number of aromatic nitrogens is 1. The fraction of sp³-hybridized carbons (Fsp3) is 0.692. The monoisotopic (exact) mass is 283 g/mol. The van der Waals surface area contributed by atoms with Crippen molar-refractivity contribution in [1.29, 1.82) is 0 Å². The summed E-state index contributed by atoms with van der Waals surface area (Å²) < 4.78 is 5.63. The van der Waals surface area contributed by atoms with E-state index in [1.165, 1.54) is 0 Å². The lowest BCUT2D eigenvalue weighted by Crippen LogP contribution is -2.52. The minimum absolute atomic E-state index is 0.0395. The Labute approximate surface area is 118 Å². The van der Waals surface area contributed by atoms with Crippen molar-refractivity contribution in [3.05, 3.63) is 16.1 Å². The third-order valence-corrected chi connectivity index (χ3v) is 4.20. The molecule has 0 aliphatic carbocycles. The molecule has 0 saturated carbocycles. The maximum atomic E-state index is 12.2. The fourth-order valence-electron chi connectivity index (χ4n) is 2.25. The zero-order valence-electron chi connectivity index (χ0n) is 11.8. The Morgan fingerprint density at radius 2 is 2.16 bits per heavy atom. The van der Waals surface area contributed by atoms with Crippen molar-refractivity contribution in [2.24, 2.45) is 0 Å². The van der Waals surface area contributed by atoms with Crippen LogP contribution in [0.3, 0.4) is 0 Å². The van der Waals surface area contributed by atoms with Crippen LogP contribution in [-0.2, 0) is 4.74 Å². The van der Waals surface area contributed by atoms with Crippen LogP contribution in [0.15, 0.2) is 5.38 Å². The lowest BCUT2D eigenvalue weighted by Gasteiger charge is -2.35. The third-order valence-electron chi connectivity index (χ3n) is 3.05. The van der Waals surface area contributed by atoms with Crippen LogP contribution in [0.4, 0.5) is 4.79 Å². The summed E-state index contributed by atoms with van der Waals surface area (Å²) in [5.41, 5.74) is 0.995. The van der Waals surface area contributed by atoms with Crippen molar-refractivity contribution in [2.75, 3.05) is 13.1 Å². The molecular weight excluding hydrogens is 262 g/mol. The number of amides is 2. The van der Waals surface area contributed by atoms with Crippen molar-refractivity contribution in [3.8, 4) is 0 Å². The molecule has 5 nitrogen and oxygen atoms in total. The van der Waals surface area contributed by atoms with E-state index in [2.05, 4.69) is 10.3 Å². The lowest BCUT2D eigenvalue weighted by molar-refractivity contribution is -0.0547. The van der Waals surface area contributed by atoms with E-state index in [-0.39, 0.29) is 24.3 Å². The predicted octanol–water partition coefficient (Wildman–Crippen LogP) is 2.33. The van der Waals surface area contributed by atoms with E-state index in [1.54, 1.807) is 11.3 Å². The maximum Gasteiger partial charge on any atom is 0.318 e. The number of rotatable bonds is 2. The molecular formula is C13H21N3O2S. The predicted molar refractivity (Wildman–Crippen MR) is 75.4 cm³/mol. The molecule has 3 unspecified atom stereocenters. The van der Waals surface area contributed by atoms with Gasteiger partial charge in [-0.3, -0.25) is 0 Å². The SMILES string of the molecule is Cc1csc(C(C)NC(=O)N2CC(C)OC(C)C2)n1. The summed E-state index contributed by atoms with van der Waals surface area (Å²) in [6, 6.07) is -0.0954. The van der Waals surface area contributed by atoms with E-state index in [9.17, 15) is 4.79 Å². The van der Waals surface area contributed by atoms with Gasteiger partial charge in [-0.2, -0.15) is 0 Å². The first-order valence-electron chi connectivity index (χ1n) is 6.58. The van der Waals surface area contributed by atoms with Gasteiger partial charge in [-0.05, 0) is 27.7 Å². The van der Waals surface area contributed by atoms with Gasteiger partial charge in [-0.25, -0.2) is 9.78 Å². The minimum Gasteiger partial charge on any atom is -0.372 e. The van der Waals surface area contributed by atoms with Crippen molar-refractivity contribution < 1.29 is 9.53 Å². The van der Waals surface area contributed by atoms with E-state index in [4.69, 9.17) is 4.74 Å². The van der Waals surface area contributed by atoms with Gasteiger partial charge in [0.2, 0.25) is 0 Å². The van der Waals surface area contributed by atoms with Crippen LogP contribution in [-0.4, -0.2) is 41.2 Å². The number of nitrogens with zero attached hydrogens (tertiary/aromatic N) is 2. The van der Waals surface area contributed by atoms with Crippen LogP contribution >= 0.6 is 11.3 Å². The minimum atomic E-state index is -0.0559. The highest BCUT2D eigenvalue weighted by atomic mass is 32.1. The van der Waals surface area contributed by atoms with Crippen LogP contribution in [0.25, 0.3) is 0 Å². The van der Waals surface area contributed by atoms with Crippen LogP contribution in [0.1, 0.15) is 37.5 Å². The van der Waals surface area contributed by atoms with Gasteiger partial charge in [-0.1, -0.05) is 0 Å². The highest BCUT2D eigenvalue weighted by Crippen LogP contribution is 2.18. The number of hydrogen-bond donors (Lipinski definition) is 1. The second-order valence-electron chi connectivity index (χ2n) is 5.16. The summed E-state index contributed by atoms with van der Waals surface area (Å²) in [6.07, 6.45) is 0.179. The molecule has 1 saturated heterocycles. The summed E-state index contributed by atoms with van der Waals surface area (Å²) in [7, 11) is 0. The number of thiazole rings is 1. The Morgan fingerprint density at radius 1 is 1.53 bits per heavy atom. The molecule has 1 aliphatic rings. The second kappa shape index (κ2) is 5.88. The molecule has 2 heterocycles. The van der Waals surface area contributed by atoms with E-state index in [0.29, 0.717) is 13.1 Å². The number of carbonyl (C=O) groups excluding carboxylic acids is 1. The molecule has 106 valence electrons. The molecule has 1 N–H and O–H groups in total. The van der Waals surface area contributed by atoms with Gasteiger partial charge >= 0.3 is 6.03 Å².